The van der Waals surface area contributed by atoms with Gasteiger partial charge in [0, 0.05) is 23.6 Å². The Bertz CT molecular complexity index is 515. The van der Waals surface area contributed by atoms with Gasteiger partial charge in [0.2, 0.25) is 0 Å². The fourth-order valence-corrected chi connectivity index (χ4v) is 1.31. The molecule has 2 aromatic rings. The summed E-state index contributed by atoms with van der Waals surface area (Å²) >= 11 is 0. The van der Waals surface area contributed by atoms with Crippen LogP contribution in [0.3, 0.4) is 0 Å². The van der Waals surface area contributed by atoms with Crippen molar-refractivity contribution >= 4 is 17.5 Å². The highest BCUT2D eigenvalue weighted by molar-refractivity contribution is 6.07. The van der Waals surface area contributed by atoms with E-state index in [4.69, 9.17) is 5.73 Å². The molecule has 0 radical (unpaired) electrons. The van der Waals surface area contributed by atoms with E-state index in [2.05, 4.69) is 9.97 Å². The van der Waals surface area contributed by atoms with Crippen LogP contribution in [0.2, 0.25) is 0 Å². The number of nitrogens with one attached hydrogen (secondary N) is 1. The average Bonchev–Trinajstić information content (AvgIpc) is 2.78. The molecule has 0 saturated carbocycles. The second-order valence-corrected chi connectivity index (χ2v) is 3.30. The summed E-state index contributed by atoms with van der Waals surface area (Å²) in [7, 11) is 0. The van der Waals surface area contributed by atoms with Crippen molar-refractivity contribution in [3.8, 4) is 0 Å². The molecular formula is C12H11N3O. The van der Waals surface area contributed by atoms with E-state index in [0.29, 0.717) is 17.1 Å². The predicted molar refractivity (Wildman–Crippen MR) is 62.8 cm³/mol. The highest BCUT2D eigenvalue weighted by atomic mass is 16.1. The van der Waals surface area contributed by atoms with Crippen LogP contribution in [0.4, 0.5) is 5.69 Å². The van der Waals surface area contributed by atoms with Crippen LogP contribution in [0.15, 0.2) is 42.7 Å². The summed E-state index contributed by atoms with van der Waals surface area (Å²) in [5.41, 5.74) is 6.75. The number of carbonyl (C=O) groups is 1. The van der Waals surface area contributed by atoms with E-state index in [1.165, 1.54) is 6.08 Å². The maximum absolute atomic E-state index is 11.7. The number of H-pyrrole nitrogens is 1. The zero-order chi connectivity index (χ0) is 11.4. The molecule has 1 aromatic heterocycles. The number of anilines is 1. The highest BCUT2D eigenvalue weighted by Crippen LogP contribution is 2.08. The third-order valence-electron chi connectivity index (χ3n) is 2.08. The van der Waals surface area contributed by atoms with Crippen molar-refractivity contribution in [2.24, 2.45) is 0 Å². The number of allylic oxidation sites excluding steroid dienone is 1. The Morgan fingerprint density at radius 2 is 2.31 bits per heavy atom. The number of nitrogens with zero attached hydrogens (tertiary/aromatic N) is 1. The Hall–Kier alpha value is -2.36. The summed E-state index contributed by atoms with van der Waals surface area (Å²) < 4.78 is 0. The second kappa shape index (κ2) is 4.44. The Kier molecular flexibility index (Phi) is 2.82. The number of benzene rings is 1. The maximum atomic E-state index is 11.7. The van der Waals surface area contributed by atoms with E-state index in [1.54, 1.807) is 42.7 Å². The fourth-order valence-electron chi connectivity index (χ4n) is 1.31. The summed E-state index contributed by atoms with van der Waals surface area (Å²) in [6.45, 7) is 0. The minimum atomic E-state index is -0.0938. The number of nitrogens with two attached hydrogens (primary N) is 1. The first kappa shape index (κ1) is 10.2. The van der Waals surface area contributed by atoms with Crippen molar-refractivity contribution in [1.29, 1.82) is 0 Å². The molecule has 0 spiro atoms. The molecule has 0 aliphatic rings. The van der Waals surface area contributed by atoms with Crippen LogP contribution in [0.5, 0.6) is 0 Å². The first-order chi connectivity index (χ1) is 7.75. The smallest absolute Gasteiger partial charge is 0.186 e. The van der Waals surface area contributed by atoms with E-state index in [1.807, 2.05) is 0 Å². The standard InChI is InChI=1S/C12H11N3O/c13-10-3-1-2-9(8-10)11(16)4-5-12-14-6-7-15-12/h1-8H,13H2,(H,14,15)/b5-4+. The van der Waals surface area contributed by atoms with Crippen LogP contribution < -0.4 is 5.73 Å². The zero-order valence-electron chi connectivity index (χ0n) is 8.55. The van der Waals surface area contributed by atoms with Gasteiger partial charge in [0.05, 0.1) is 0 Å². The van der Waals surface area contributed by atoms with Gasteiger partial charge in [-0.15, -0.1) is 0 Å². The minimum Gasteiger partial charge on any atom is -0.399 e. The third kappa shape index (κ3) is 2.36. The van der Waals surface area contributed by atoms with Crippen LogP contribution >= 0.6 is 0 Å². The molecular weight excluding hydrogens is 202 g/mol. The fraction of sp³-hybridized carbons (Fsp3) is 0. The number of nitrogen functional groups attached to an aromatic ring is 1. The lowest BCUT2D eigenvalue weighted by Crippen LogP contribution is -1.95. The first-order valence-corrected chi connectivity index (χ1v) is 4.83. The molecule has 16 heavy (non-hydrogen) atoms. The van der Waals surface area contributed by atoms with Crippen LogP contribution in [0, 0.1) is 0 Å². The molecule has 1 heterocycles. The normalized spacial score (nSPS) is 10.8. The van der Waals surface area contributed by atoms with Crippen molar-refractivity contribution < 1.29 is 4.79 Å². The molecule has 0 unspecified atom stereocenters. The zero-order valence-corrected chi connectivity index (χ0v) is 8.55. The van der Waals surface area contributed by atoms with Gasteiger partial charge in [0.25, 0.3) is 0 Å². The van der Waals surface area contributed by atoms with E-state index in [0.717, 1.165) is 0 Å². The lowest BCUT2D eigenvalue weighted by atomic mass is 10.1. The third-order valence-corrected chi connectivity index (χ3v) is 2.08. The minimum absolute atomic E-state index is 0.0938. The molecule has 0 aliphatic heterocycles. The Labute approximate surface area is 92.8 Å². The number of aromatic nitrogens is 2. The molecule has 2 rings (SSSR count). The maximum Gasteiger partial charge on any atom is 0.186 e. The van der Waals surface area contributed by atoms with Crippen LogP contribution in [-0.2, 0) is 0 Å². The monoisotopic (exact) mass is 213 g/mol. The molecule has 1 aromatic carbocycles. The van der Waals surface area contributed by atoms with Gasteiger partial charge in [0.15, 0.2) is 5.78 Å². The quantitative estimate of drug-likeness (QED) is 0.464. The Morgan fingerprint density at radius 3 is 3.00 bits per heavy atom. The van der Waals surface area contributed by atoms with Gasteiger partial charge in [-0.2, -0.15) is 0 Å². The number of aromatic amines is 1. The number of hydrogen-bond donors (Lipinski definition) is 2. The molecule has 4 heteroatoms. The molecule has 3 N–H and O–H groups in total. The molecule has 4 nitrogen and oxygen atoms in total. The second-order valence-electron chi connectivity index (χ2n) is 3.30. The Balaban J connectivity index is 2.15. The van der Waals surface area contributed by atoms with Crippen molar-refractivity contribution in [3.63, 3.8) is 0 Å². The summed E-state index contributed by atoms with van der Waals surface area (Å²) in [5.74, 6) is 0.556. The number of carbonyl (C=O) groups excluding carboxylic acids is 1. The van der Waals surface area contributed by atoms with Crippen molar-refractivity contribution in [3.05, 3.63) is 54.1 Å². The lowest BCUT2D eigenvalue weighted by molar-refractivity contribution is 0.104. The van der Waals surface area contributed by atoms with Gasteiger partial charge in [-0.05, 0) is 24.3 Å². The van der Waals surface area contributed by atoms with Gasteiger partial charge >= 0.3 is 0 Å². The predicted octanol–water partition coefficient (Wildman–Crippen LogP) is 1.89. The largest absolute Gasteiger partial charge is 0.399 e. The average molecular weight is 213 g/mol. The number of hydrogen-bond acceptors (Lipinski definition) is 3. The molecule has 0 atom stereocenters. The summed E-state index contributed by atoms with van der Waals surface area (Å²) in [4.78, 5) is 18.6. The molecule has 0 saturated heterocycles. The molecule has 0 aliphatic carbocycles. The number of ketones is 1. The lowest BCUT2D eigenvalue weighted by Gasteiger charge is -1.96. The van der Waals surface area contributed by atoms with E-state index < -0.39 is 0 Å². The van der Waals surface area contributed by atoms with Gasteiger partial charge in [-0.1, -0.05) is 12.1 Å². The molecule has 0 amide bonds. The summed E-state index contributed by atoms with van der Waals surface area (Å²) in [5, 5.41) is 0. The first-order valence-electron chi connectivity index (χ1n) is 4.83. The number of imidazole rings is 1. The van der Waals surface area contributed by atoms with Crippen molar-refractivity contribution in [2.75, 3.05) is 5.73 Å². The number of rotatable bonds is 3. The summed E-state index contributed by atoms with van der Waals surface area (Å²) in [6, 6.07) is 6.87. The van der Waals surface area contributed by atoms with Gasteiger partial charge in [-0.3, -0.25) is 4.79 Å². The van der Waals surface area contributed by atoms with Crippen LogP contribution in [0.25, 0.3) is 6.08 Å². The highest BCUT2D eigenvalue weighted by Gasteiger charge is 2.01. The Morgan fingerprint density at radius 1 is 1.44 bits per heavy atom. The van der Waals surface area contributed by atoms with Gasteiger partial charge in [0.1, 0.15) is 5.82 Å². The molecule has 0 bridgehead atoms. The molecule has 80 valence electrons. The van der Waals surface area contributed by atoms with Crippen molar-refractivity contribution in [1.82, 2.24) is 9.97 Å². The van der Waals surface area contributed by atoms with Crippen molar-refractivity contribution in [2.45, 2.75) is 0 Å². The molecule has 0 fully saturated rings. The van der Waals surface area contributed by atoms with Crippen LogP contribution in [-0.4, -0.2) is 15.8 Å². The van der Waals surface area contributed by atoms with E-state index >= 15 is 0 Å². The SMILES string of the molecule is Nc1cccc(C(=O)/C=C/c2ncc[nH]2)c1. The van der Waals surface area contributed by atoms with E-state index in [-0.39, 0.29) is 5.78 Å². The summed E-state index contributed by atoms with van der Waals surface area (Å²) in [6.07, 6.45) is 6.43. The van der Waals surface area contributed by atoms with Gasteiger partial charge < -0.3 is 10.7 Å². The van der Waals surface area contributed by atoms with E-state index in [9.17, 15) is 4.79 Å². The van der Waals surface area contributed by atoms with Crippen LogP contribution in [0.1, 0.15) is 16.2 Å². The topological polar surface area (TPSA) is 71.8 Å². The van der Waals surface area contributed by atoms with Gasteiger partial charge in [-0.25, -0.2) is 4.98 Å².